The maximum absolute atomic E-state index is 12.1. The van der Waals surface area contributed by atoms with E-state index in [0.717, 1.165) is 0 Å². The van der Waals surface area contributed by atoms with Crippen molar-refractivity contribution in [2.45, 2.75) is 13.5 Å². The first kappa shape index (κ1) is 23.1. The fraction of sp³-hybridized carbons (Fsp3) is 0.300. The summed E-state index contributed by atoms with van der Waals surface area (Å²) >= 11 is 3.40. The zero-order valence-electron chi connectivity index (χ0n) is 17.0. The molecule has 9 nitrogen and oxygen atoms in total. The number of pyridine rings is 1. The number of aromatic nitrogens is 1. The van der Waals surface area contributed by atoms with Gasteiger partial charge in [-0.3, -0.25) is 4.79 Å². The molecule has 0 unspecified atom stereocenters. The molecular formula is C20H21BrN4O5. The molecule has 0 fully saturated rings. The van der Waals surface area contributed by atoms with Crippen molar-refractivity contribution in [3.63, 3.8) is 0 Å². The van der Waals surface area contributed by atoms with Crippen LogP contribution in [-0.4, -0.2) is 45.0 Å². The maximum Gasteiger partial charge on any atom is 0.278 e. The van der Waals surface area contributed by atoms with Crippen LogP contribution < -0.4 is 19.6 Å². The smallest absolute Gasteiger partial charge is 0.278 e. The summed E-state index contributed by atoms with van der Waals surface area (Å²) in [7, 11) is 4.60. The predicted molar refractivity (Wildman–Crippen MR) is 113 cm³/mol. The molecule has 0 radical (unpaired) electrons. The summed E-state index contributed by atoms with van der Waals surface area (Å²) in [4.78, 5) is 16.3. The lowest BCUT2D eigenvalue weighted by molar-refractivity contribution is -0.123. The van der Waals surface area contributed by atoms with Crippen LogP contribution in [0.15, 0.2) is 27.8 Å². The highest BCUT2D eigenvalue weighted by Gasteiger charge is 2.18. The Balaban J connectivity index is 2.03. The molecule has 1 aromatic carbocycles. The first-order valence-corrected chi connectivity index (χ1v) is 9.49. The molecule has 158 valence electrons. The van der Waals surface area contributed by atoms with Gasteiger partial charge in [0, 0.05) is 17.1 Å². The van der Waals surface area contributed by atoms with Gasteiger partial charge in [0.25, 0.3) is 5.91 Å². The van der Waals surface area contributed by atoms with Crippen molar-refractivity contribution < 1.29 is 23.7 Å². The fourth-order valence-corrected chi connectivity index (χ4v) is 2.89. The van der Waals surface area contributed by atoms with Crippen molar-refractivity contribution in [2.24, 2.45) is 5.10 Å². The van der Waals surface area contributed by atoms with E-state index in [1.165, 1.54) is 20.4 Å². The van der Waals surface area contributed by atoms with Gasteiger partial charge in [-0.05, 0) is 46.6 Å². The van der Waals surface area contributed by atoms with Gasteiger partial charge >= 0.3 is 0 Å². The number of rotatable bonds is 9. The van der Waals surface area contributed by atoms with Gasteiger partial charge in [0.15, 0.2) is 18.1 Å². The molecule has 0 aliphatic heterocycles. The molecule has 1 aromatic heterocycles. The molecule has 0 saturated heterocycles. The number of amides is 1. The molecule has 0 aliphatic carbocycles. The number of hydrazone groups is 1. The third-order valence-electron chi connectivity index (χ3n) is 3.92. The van der Waals surface area contributed by atoms with E-state index < -0.39 is 5.91 Å². The highest BCUT2D eigenvalue weighted by Crippen LogP contribution is 2.30. The van der Waals surface area contributed by atoms with Crippen molar-refractivity contribution >= 4 is 28.1 Å². The third kappa shape index (κ3) is 5.68. The molecule has 30 heavy (non-hydrogen) atoms. The minimum atomic E-state index is -0.508. The van der Waals surface area contributed by atoms with E-state index in [0.29, 0.717) is 32.8 Å². The lowest BCUT2D eigenvalue weighted by Crippen LogP contribution is -2.25. The summed E-state index contributed by atoms with van der Waals surface area (Å²) in [6.45, 7) is 1.59. The number of benzene rings is 1. The second-order valence-electron chi connectivity index (χ2n) is 5.91. The van der Waals surface area contributed by atoms with E-state index in [4.69, 9.17) is 18.9 Å². The highest BCUT2D eigenvalue weighted by atomic mass is 79.9. The number of hydrogen-bond donors (Lipinski definition) is 1. The van der Waals surface area contributed by atoms with Crippen molar-refractivity contribution in [1.82, 2.24) is 10.4 Å². The fourth-order valence-electron chi connectivity index (χ4n) is 2.49. The molecule has 1 heterocycles. The van der Waals surface area contributed by atoms with Crippen LogP contribution in [0.3, 0.4) is 0 Å². The van der Waals surface area contributed by atoms with Gasteiger partial charge in [0.05, 0.1) is 32.7 Å². The van der Waals surface area contributed by atoms with Crippen LogP contribution >= 0.6 is 15.9 Å². The molecule has 10 heteroatoms. The van der Waals surface area contributed by atoms with E-state index in [2.05, 4.69) is 31.4 Å². The zero-order chi connectivity index (χ0) is 22.1. The number of methoxy groups -OCH3 is 3. The second-order valence-corrected chi connectivity index (χ2v) is 6.70. The first-order valence-electron chi connectivity index (χ1n) is 8.69. The molecule has 0 atom stereocenters. The van der Waals surface area contributed by atoms with E-state index in [9.17, 15) is 10.1 Å². The van der Waals surface area contributed by atoms with Gasteiger partial charge < -0.3 is 18.9 Å². The van der Waals surface area contributed by atoms with Crippen LogP contribution in [-0.2, 0) is 16.1 Å². The van der Waals surface area contributed by atoms with Crippen LogP contribution in [0.4, 0.5) is 0 Å². The number of ether oxygens (including phenoxy) is 4. The molecule has 2 aromatic rings. The molecule has 0 spiro atoms. The SMILES string of the molecule is COCc1c(Br)c(C)nc(OCC(=O)N/N=C\c2ccc(OC)c(OC)c2)c1C#N. The number of carbonyl (C=O) groups is 1. The lowest BCUT2D eigenvalue weighted by atomic mass is 10.1. The molecule has 0 bridgehead atoms. The van der Waals surface area contributed by atoms with Crippen molar-refractivity contribution in [3.8, 4) is 23.4 Å². The number of nitriles is 1. The Bertz CT molecular complexity index is 988. The molecule has 0 saturated carbocycles. The Labute approximate surface area is 182 Å². The van der Waals surface area contributed by atoms with Gasteiger partial charge in [-0.2, -0.15) is 10.4 Å². The normalized spacial score (nSPS) is 10.5. The zero-order valence-corrected chi connectivity index (χ0v) is 18.6. The standard InChI is InChI=1S/C20H21BrN4O5/c1-12-19(21)15(10-27-2)14(8-22)20(24-12)30-11-18(26)25-23-9-13-5-6-16(28-3)17(7-13)29-4/h5-7,9H,10-11H2,1-4H3,(H,25,26)/b23-9-. The largest absolute Gasteiger partial charge is 0.493 e. The van der Waals surface area contributed by atoms with E-state index in [1.807, 2.05) is 6.07 Å². The maximum atomic E-state index is 12.1. The number of nitrogens with one attached hydrogen (secondary N) is 1. The number of nitrogens with zero attached hydrogens (tertiary/aromatic N) is 3. The van der Waals surface area contributed by atoms with Gasteiger partial charge in [-0.1, -0.05) is 0 Å². The average molecular weight is 477 g/mol. The van der Waals surface area contributed by atoms with Gasteiger partial charge in [0.1, 0.15) is 11.6 Å². The summed E-state index contributed by atoms with van der Waals surface area (Å²) in [5.41, 5.74) is 4.49. The van der Waals surface area contributed by atoms with E-state index >= 15 is 0 Å². The summed E-state index contributed by atoms with van der Waals surface area (Å²) < 4.78 is 21.6. The number of carbonyl (C=O) groups excluding carboxylic acids is 1. The van der Waals surface area contributed by atoms with Crippen LogP contribution in [0.25, 0.3) is 0 Å². The van der Waals surface area contributed by atoms with Crippen LogP contribution in [0.2, 0.25) is 0 Å². The Morgan fingerprint density at radius 2 is 2.03 bits per heavy atom. The molecule has 2 rings (SSSR count). The minimum Gasteiger partial charge on any atom is -0.493 e. The number of hydrogen-bond acceptors (Lipinski definition) is 8. The molecule has 1 N–H and O–H groups in total. The Hall–Kier alpha value is -3.16. The van der Waals surface area contributed by atoms with Crippen LogP contribution in [0.1, 0.15) is 22.4 Å². The summed E-state index contributed by atoms with van der Waals surface area (Å²) in [6.07, 6.45) is 1.46. The second kappa shape index (κ2) is 11.1. The quantitative estimate of drug-likeness (QED) is 0.436. The third-order valence-corrected chi connectivity index (χ3v) is 4.97. The van der Waals surface area contributed by atoms with Gasteiger partial charge in [-0.15, -0.1) is 0 Å². The summed E-state index contributed by atoms with van der Waals surface area (Å²) in [5.74, 6) is 0.685. The summed E-state index contributed by atoms with van der Waals surface area (Å²) in [6, 6.07) is 7.26. The van der Waals surface area contributed by atoms with Crippen molar-refractivity contribution in [1.29, 1.82) is 5.26 Å². The molecule has 0 aliphatic rings. The molecular weight excluding hydrogens is 456 g/mol. The monoisotopic (exact) mass is 476 g/mol. The van der Waals surface area contributed by atoms with Crippen molar-refractivity contribution in [2.75, 3.05) is 27.9 Å². The summed E-state index contributed by atoms with van der Waals surface area (Å²) in [5, 5.41) is 13.4. The topological polar surface area (TPSA) is 115 Å². The Kier molecular flexibility index (Phi) is 8.58. The van der Waals surface area contributed by atoms with Gasteiger partial charge in [0.2, 0.25) is 5.88 Å². The van der Waals surface area contributed by atoms with Gasteiger partial charge in [-0.25, -0.2) is 10.4 Å². The van der Waals surface area contributed by atoms with E-state index in [1.54, 1.807) is 32.2 Å². The lowest BCUT2D eigenvalue weighted by Gasteiger charge is -2.13. The average Bonchev–Trinajstić information content (AvgIpc) is 2.75. The van der Waals surface area contributed by atoms with Crippen LogP contribution in [0.5, 0.6) is 17.4 Å². The molecule has 1 amide bonds. The predicted octanol–water partition coefficient (Wildman–Crippen LogP) is 2.72. The number of halogens is 1. The Morgan fingerprint density at radius 1 is 1.30 bits per heavy atom. The van der Waals surface area contributed by atoms with Crippen LogP contribution in [0, 0.1) is 18.3 Å². The highest BCUT2D eigenvalue weighted by molar-refractivity contribution is 9.10. The van der Waals surface area contributed by atoms with E-state index in [-0.39, 0.29) is 24.7 Å². The minimum absolute atomic E-state index is 0.0595. The number of aryl methyl sites for hydroxylation is 1. The first-order chi connectivity index (χ1) is 14.4. The Morgan fingerprint density at radius 3 is 2.67 bits per heavy atom. The van der Waals surface area contributed by atoms with Crippen molar-refractivity contribution in [3.05, 3.63) is 45.1 Å².